The summed E-state index contributed by atoms with van der Waals surface area (Å²) in [7, 11) is 2.25. The summed E-state index contributed by atoms with van der Waals surface area (Å²) in [4.78, 5) is 2.50. The van der Waals surface area contributed by atoms with Gasteiger partial charge >= 0.3 is 0 Å². The Kier molecular flexibility index (Phi) is 8.56. The number of hydrogen-bond acceptors (Lipinski definition) is 2. The molecule has 0 unspecified atom stereocenters. The molecule has 0 heterocycles. The molecule has 0 radical (unpaired) electrons. The Balaban J connectivity index is 2.60. The van der Waals surface area contributed by atoms with E-state index >= 15 is 0 Å². The van der Waals surface area contributed by atoms with Gasteiger partial charge in [0.15, 0.2) is 0 Å². The predicted molar refractivity (Wildman–Crippen MR) is 89.1 cm³/mol. The smallest absolute Gasteiger partial charge is 0.0236 e. The van der Waals surface area contributed by atoms with Crippen LogP contribution in [0.2, 0.25) is 0 Å². The van der Waals surface area contributed by atoms with Crippen LogP contribution >= 0.6 is 0 Å². The van der Waals surface area contributed by atoms with Gasteiger partial charge in [-0.05, 0) is 56.9 Å². The number of rotatable bonds is 10. The van der Waals surface area contributed by atoms with Gasteiger partial charge in [0.2, 0.25) is 0 Å². The Morgan fingerprint density at radius 3 is 2.25 bits per heavy atom. The van der Waals surface area contributed by atoms with Gasteiger partial charge in [0, 0.05) is 12.6 Å². The maximum absolute atomic E-state index is 3.50. The van der Waals surface area contributed by atoms with Crippen molar-refractivity contribution in [2.45, 2.75) is 59.0 Å². The summed E-state index contributed by atoms with van der Waals surface area (Å²) in [5, 5.41) is 3.50. The van der Waals surface area contributed by atoms with Crippen LogP contribution in [0.4, 0.5) is 0 Å². The molecule has 1 aromatic rings. The van der Waals surface area contributed by atoms with E-state index in [1.165, 1.54) is 30.4 Å². The van der Waals surface area contributed by atoms with Crippen LogP contribution in [0.15, 0.2) is 24.3 Å². The van der Waals surface area contributed by atoms with Gasteiger partial charge in [-0.1, -0.05) is 45.0 Å². The molecule has 114 valence electrons. The fourth-order valence-electron chi connectivity index (χ4n) is 2.79. The third kappa shape index (κ3) is 5.64. The summed E-state index contributed by atoms with van der Waals surface area (Å²) >= 11 is 0. The van der Waals surface area contributed by atoms with Crippen LogP contribution in [0, 0.1) is 0 Å². The molecule has 0 saturated heterocycles. The van der Waals surface area contributed by atoms with Gasteiger partial charge in [-0.2, -0.15) is 0 Å². The summed E-state index contributed by atoms with van der Waals surface area (Å²) in [5.74, 6) is 0. The zero-order chi connectivity index (χ0) is 14.8. The van der Waals surface area contributed by atoms with Gasteiger partial charge in [-0.15, -0.1) is 0 Å². The predicted octanol–water partition coefficient (Wildman–Crippen LogP) is 3.85. The third-order valence-electron chi connectivity index (χ3n) is 4.10. The first-order valence-corrected chi connectivity index (χ1v) is 8.20. The molecular formula is C18H32N2. The van der Waals surface area contributed by atoms with Crippen LogP contribution in [0.25, 0.3) is 0 Å². The Morgan fingerprint density at radius 2 is 1.65 bits per heavy atom. The van der Waals surface area contributed by atoms with Crippen molar-refractivity contribution in [3.63, 3.8) is 0 Å². The van der Waals surface area contributed by atoms with Crippen LogP contribution < -0.4 is 5.32 Å². The third-order valence-corrected chi connectivity index (χ3v) is 4.10. The van der Waals surface area contributed by atoms with Crippen LogP contribution in [-0.2, 0) is 13.0 Å². The summed E-state index contributed by atoms with van der Waals surface area (Å²) in [6, 6.07) is 9.59. The first-order valence-electron chi connectivity index (χ1n) is 8.20. The SMILES string of the molecule is CCCNCCc1ccccc1CN(C)C(CC)CC. The highest BCUT2D eigenvalue weighted by atomic mass is 15.1. The molecular weight excluding hydrogens is 244 g/mol. The molecule has 1 N–H and O–H groups in total. The van der Waals surface area contributed by atoms with Gasteiger partial charge in [-0.3, -0.25) is 4.90 Å². The van der Waals surface area contributed by atoms with Crippen molar-refractivity contribution in [2.75, 3.05) is 20.1 Å². The fraction of sp³-hybridized carbons (Fsp3) is 0.667. The second-order valence-corrected chi connectivity index (χ2v) is 5.65. The monoisotopic (exact) mass is 276 g/mol. The number of nitrogens with one attached hydrogen (secondary N) is 1. The second-order valence-electron chi connectivity index (χ2n) is 5.65. The number of benzene rings is 1. The van der Waals surface area contributed by atoms with Gasteiger partial charge < -0.3 is 5.32 Å². The molecule has 2 heteroatoms. The standard InChI is InChI=1S/C18H32N2/c1-5-13-19-14-12-16-10-8-9-11-17(16)15-20(4)18(6-2)7-3/h8-11,18-19H,5-7,12-15H2,1-4H3. The fourth-order valence-corrected chi connectivity index (χ4v) is 2.79. The van der Waals surface area contributed by atoms with E-state index in [1.54, 1.807) is 0 Å². The Labute approximate surface area is 125 Å². The Morgan fingerprint density at radius 1 is 1.00 bits per heavy atom. The van der Waals surface area contributed by atoms with Crippen molar-refractivity contribution < 1.29 is 0 Å². The van der Waals surface area contributed by atoms with E-state index in [-0.39, 0.29) is 0 Å². The lowest BCUT2D eigenvalue weighted by atomic mass is 10.0. The van der Waals surface area contributed by atoms with Gasteiger partial charge in [-0.25, -0.2) is 0 Å². The van der Waals surface area contributed by atoms with Crippen LogP contribution in [-0.4, -0.2) is 31.1 Å². The molecule has 0 aliphatic heterocycles. The van der Waals surface area contributed by atoms with E-state index in [4.69, 9.17) is 0 Å². The van der Waals surface area contributed by atoms with Crippen molar-refractivity contribution in [1.82, 2.24) is 10.2 Å². The maximum Gasteiger partial charge on any atom is 0.0236 e. The average Bonchev–Trinajstić information content (AvgIpc) is 2.46. The lowest BCUT2D eigenvalue weighted by molar-refractivity contribution is 0.221. The molecule has 0 fully saturated rings. The van der Waals surface area contributed by atoms with E-state index in [1.807, 2.05) is 0 Å². The van der Waals surface area contributed by atoms with E-state index in [0.29, 0.717) is 6.04 Å². The normalized spacial score (nSPS) is 11.5. The summed E-state index contributed by atoms with van der Waals surface area (Å²) in [6.45, 7) is 10.0. The molecule has 2 nitrogen and oxygen atoms in total. The molecule has 0 aromatic heterocycles. The van der Waals surface area contributed by atoms with Crippen molar-refractivity contribution in [3.8, 4) is 0 Å². The van der Waals surface area contributed by atoms with E-state index in [2.05, 4.69) is 62.3 Å². The largest absolute Gasteiger partial charge is 0.316 e. The lowest BCUT2D eigenvalue weighted by Crippen LogP contribution is -2.30. The topological polar surface area (TPSA) is 15.3 Å². The zero-order valence-electron chi connectivity index (χ0n) is 13.8. The molecule has 0 aliphatic rings. The maximum atomic E-state index is 3.50. The van der Waals surface area contributed by atoms with E-state index in [9.17, 15) is 0 Å². The Hall–Kier alpha value is -0.860. The highest BCUT2D eigenvalue weighted by Gasteiger charge is 2.12. The summed E-state index contributed by atoms with van der Waals surface area (Å²) in [5.41, 5.74) is 2.98. The van der Waals surface area contributed by atoms with Gasteiger partial charge in [0.05, 0.1) is 0 Å². The van der Waals surface area contributed by atoms with Gasteiger partial charge in [0.1, 0.15) is 0 Å². The first-order chi connectivity index (χ1) is 9.72. The quantitative estimate of drug-likeness (QED) is 0.653. The molecule has 0 atom stereocenters. The minimum Gasteiger partial charge on any atom is -0.316 e. The molecule has 1 aromatic carbocycles. The molecule has 0 aliphatic carbocycles. The zero-order valence-corrected chi connectivity index (χ0v) is 13.8. The van der Waals surface area contributed by atoms with Crippen molar-refractivity contribution in [1.29, 1.82) is 0 Å². The molecule has 0 amide bonds. The molecule has 0 saturated carbocycles. The van der Waals surface area contributed by atoms with Crippen molar-refractivity contribution in [3.05, 3.63) is 35.4 Å². The highest BCUT2D eigenvalue weighted by molar-refractivity contribution is 5.27. The number of nitrogens with zero attached hydrogens (tertiary/aromatic N) is 1. The minimum absolute atomic E-state index is 0.696. The molecule has 0 bridgehead atoms. The molecule has 1 rings (SSSR count). The number of hydrogen-bond donors (Lipinski definition) is 1. The molecule has 20 heavy (non-hydrogen) atoms. The van der Waals surface area contributed by atoms with Crippen LogP contribution in [0.1, 0.15) is 51.2 Å². The Bertz CT molecular complexity index is 358. The van der Waals surface area contributed by atoms with Crippen LogP contribution in [0.5, 0.6) is 0 Å². The molecule has 0 spiro atoms. The van der Waals surface area contributed by atoms with E-state index < -0.39 is 0 Å². The van der Waals surface area contributed by atoms with Gasteiger partial charge in [0.25, 0.3) is 0 Å². The summed E-state index contributed by atoms with van der Waals surface area (Å²) < 4.78 is 0. The minimum atomic E-state index is 0.696. The summed E-state index contributed by atoms with van der Waals surface area (Å²) in [6.07, 6.45) is 4.80. The highest BCUT2D eigenvalue weighted by Crippen LogP contribution is 2.15. The second kappa shape index (κ2) is 9.95. The van der Waals surface area contributed by atoms with E-state index in [0.717, 1.165) is 26.1 Å². The van der Waals surface area contributed by atoms with Crippen molar-refractivity contribution in [2.24, 2.45) is 0 Å². The van der Waals surface area contributed by atoms with Crippen molar-refractivity contribution >= 4 is 0 Å². The average molecular weight is 276 g/mol. The van der Waals surface area contributed by atoms with Crippen LogP contribution in [0.3, 0.4) is 0 Å². The lowest BCUT2D eigenvalue weighted by Gasteiger charge is -2.27. The first kappa shape index (κ1) is 17.2.